The van der Waals surface area contributed by atoms with Crippen molar-refractivity contribution in [3.63, 3.8) is 0 Å². The summed E-state index contributed by atoms with van der Waals surface area (Å²) in [5.74, 6) is -2.02. The fourth-order valence-corrected chi connectivity index (χ4v) is 3.30. The summed E-state index contributed by atoms with van der Waals surface area (Å²) < 4.78 is 5.08. The van der Waals surface area contributed by atoms with E-state index in [-0.39, 0.29) is 37.1 Å². The topological polar surface area (TPSA) is 136 Å². The second-order valence-electron chi connectivity index (χ2n) is 6.05. The molecule has 1 saturated heterocycles. The molecule has 1 N–H and O–H groups in total. The molecule has 2 amide bonds. The molecule has 25 heavy (non-hydrogen) atoms. The number of carbonyl (C=O) groups is 4. The van der Waals surface area contributed by atoms with E-state index in [2.05, 4.69) is 5.32 Å². The van der Waals surface area contributed by atoms with Gasteiger partial charge in [-0.3, -0.25) is 29.3 Å². The Balaban J connectivity index is 1.84. The molecule has 0 bridgehead atoms. The van der Waals surface area contributed by atoms with Crippen LogP contribution < -0.4 is 5.32 Å². The molecule has 2 heterocycles. The first kappa shape index (κ1) is 16.8. The SMILES string of the molecule is CC(=O)OC1CNC(=O)C(N2CC3=C(CC(=O)C=C3[N+](=O)[O-])C2=O)C1. The number of hydrogen-bond acceptors (Lipinski definition) is 7. The number of carbonyl (C=O) groups excluding carboxylic acids is 4. The van der Waals surface area contributed by atoms with E-state index >= 15 is 0 Å². The Labute approximate surface area is 141 Å². The van der Waals surface area contributed by atoms with Crippen LogP contribution in [-0.2, 0) is 23.9 Å². The number of amides is 2. The third-order valence-corrected chi connectivity index (χ3v) is 4.37. The van der Waals surface area contributed by atoms with E-state index in [1.807, 2.05) is 0 Å². The van der Waals surface area contributed by atoms with E-state index < -0.39 is 46.3 Å². The minimum atomic E-state index is -0.917. The highest BCUT2D eigenvalue weighted by atomic mass is 16.6. The van der Waals surface area contributed by atoms with Gasteiger partial charge in [-0.15, -0.1) is 0 Å². The molecule has 132 valence electrons. The summed E-state index contributed by atoms with van der Waals surface area (Å²) in [4.78, 5) is 59.2. The van der Waals surface area contributed by atoms with Crippen LogP contribution in [0.25, 0.3) is 0 Å². The van der Waals surface area contributed by atoms with Crippen LogP contribution in [0.5, 0.6) is 0 Å². The Morgan fingerprint density at radius 3 is 2.72 bits per heavy atom. The third kappa shape index (κ3) is 3.02. The molecule has 0 radical (unpaired) electrons. The fraction of sp³-hybridized carbons (Fsp3) is 0.467. The Bertz CT molecular complexity index is 767. The zero-order valence-corrected chi connectivity index (χ0v) is 13.3. The molecular formula is C15H15N3O7. The second-order valence-corrected chi connectivity index (χ2v) is 6.05. The number of rotatable bonds is 3. The van der Waals surface area contributed by atoms with Gasteiger partial charge in [0, 0.05) is 25.3 Å². The molecule has 0 saturated carbocycles. The molecule has 1 fully saturated rings. The first-order valence-corrected chi connectivity index (χ1v) is 7.65. The lowest BCUT2D eigenvalue weighted by Gasteiger charge is -2.34. The maximum atomic E-state index is 12.6. The van der Waals surface area contributed by atoms with E-state index in [1.165, 1.54) is 11.8 Å². The molecule has 10 nitrogen and oxygen atoms in total. The van der Waals surface area contributed by atoms with Crippen molar-refractivity contribution in [3.8, 4) is 0 Å². The summed E-state index contributed by atoms with van der Waals surface area (Å²) in [7, 11) is 0. The smallest absolute Gasteiger partial charge is 0.302 e. The van der Waals surface area contributed by atoms with Crippen LogP contribution in [0.15, 0.2) is 22.9 Å². The standard InChI is InChI=1S/C15H15N3O7/c1-7(19)25-9-4-13(14(21)16-5-9)17-6-11-10(15(17)22)2-8(20)3-12(11)18(23)24/h3,9,13H,2,4-6H2,1H3,(H,16,21). The van der Waals surface area contributed by atoms with Gasteiger partial charge >= 0.3 is 5.97 Å². The van der Waals surface area contributed by atoms with Gasteiger partial charge < -0.3 is 15.0 Å². The predicted octanol–water partition coefficient (Wildman–Crippen LogP) is -0.921. The molecule has 2 unspecified atom stereocenters. The number of allylic oxidation sites excluding steroid dienone is 1. The van der Waals surface area contributed by atoms with E-state index in [4.69, 9.17) is 4.74 Å². The molecule has 0 aromatic rings. The predicted molar refractivity (Wildman–Crippen MR) is 80.4 cm³/mol. The Morgan fingerprint density at radius 1 is 1.36 bits per heavy atom. The van der Waals surface area contributed by atoms with Gasteiger partial charge in [-0.05, 0) is 0 Å². The maximum Gasteiger partial charge on any atom is 0.302 e. The zero-order chi connectivity index (χ0) is 18.3. The van der Waals surface area contributed by atoms with Crippen LogP contribution in [0.1, 0.15) is 19.8 Å². The van der Waals surface area contributed by atoms with Crippen molar-refractivity contribution in [2.24, 2.45) is 0 Å². The Morgan fingerprint density at radius 2 is 2.08 bits per heavy atom. The number of hydrogen-bond donors (Lipinski definition) is 1. The average Bonchev–Trinajstić information content (AvgIpc) is 2.85. The van der Waals surface area contributed by atoms with Gasteiger partial charge in [0.1, 0.15) is 12.1 Å². The van der Waals surface area contributed by atoms with Crippen molar-refractivity contribution in [3.05, 3.63) is 33.0 Å². The van der Waals surface area contributed by atoms with Crippen molar-refractivity contribution in [1.82, 2.24) is 10.2 Å². The van der Waals surface area contributed by atoms with Gasteiger partial charge in [0.05, 0.1) is 29.7 Å². The van der Waals surface area contributed by atoms with Crippen LogP contribution in [0, 0.1) is 10.1 Å². The van der Waals surface area contributed by atoms with Crippen LogP contribution in [0.3, 0.4) is 0 Å². The number of nitrogens with zero attached hydrogens (tertiary/aromatic N) is 2. The molecule has 3 rings (SSSR count). The second kappa shape index (κ2) is 6.11. The normalized spacial score (nSPS) is 26.2. The van der Waals surface area contributed by atoms with Gasteiger partial charge in [-0.2, -0.15) is 0 Å². The van der Waals surface area contributed by atoms with Crippen molar-refractivity contribution in [1.29, 1.82) is 0 Å². The lowest BCUT2D eigenvalue weighted by atomic mass is 9.96. The molecule has 2 atom stereocenters. The number of nitro groups is 1. The molecule has 1 aliphatic carbocycles. The van der Waals surface area contributed by atoms with E-state index in [9.17, 15) is 29.3 Å². The summed E-state index contributed by atoms with van der Waals surface area (Å²) in [6.07, 6.45) is 0.211. The molecular weight excluding hydrogens is 334 g/mol. The zero-order valence-electron chi connectivity index (χ0n) is 13.3. The summed E-state index contributed by atoms with van der Waals surface area (Å²) in [6, 6.07) is -0.917. The lowest BCUT2D eigenvalue weighted by Crippen LogP contribution is -2.56. The highest BCUT2D eigenvalue weighted by Crippen LogP contribution is 2.34. The Kier molecular flexibility index (Phi) is 4.11. The van der Waals surface area contributed by atoms with Crippen molar-refractivity contribution in [2.75, 3.05) is 13.1 Å². The van der Waals surface area contributed by atoms with E-state index in [0.717, 1.165) is 6.08 Å². The quantitative estimate of drug-likeness (QED) is 0.395. The largest absolute Gasteiger partial charge is 0.461 e. The first-order valence-electron chi connectivity index (χ1n) is 7.65. The van der Waals surface area contributed by atoms with Crippen molar-refractivity contribution < 1.29 is 28.8 Å². The van der Waals surface area contributed by atoms with Crippen LogP contribution in [-0.4, -0.2) is 58.6 Å². The number of ketones is 1. The monoisotopic (exact) mass is 349 g/mol. The fourth-order valence-electron chi connectivity index (χ4n) is 3.30. The van der Waals surface area contributed by atoms with Crippen LogP contribution in [0.4, 0.5) is 0 Å². The lowest BCUT2D eigenvalue weighted by molar-refractivity contribution is -0.421. The number of ether oxygens (including phenoxy) is 1. The molecule has 10 heteroatoms. The van der Waals surface area contributed by atoms with Gasteiger partial charge in [-0.1, -0.05) is 0 Å². The van der Waals surface area contributed by atoms with E-state index in [0.29, 0.717) is 0 Å². The van der Waals surface area contributed by atoms with Gasteiger partial charge in [0.25, 0.3) is 11.6 Å². The number of nitrogens with one attached hydrogen (secondary N) is 1. The molecule has 0 aromatic heterocycles. The highest BCUT2D eigenvalue weighted by molar-refractivity contribution is 6.08. The first-order chi connectivity index (χ1) is 11.8. The van der Waals surface area contributed by atoms with Crippen LogP contribution in [0.2, 0.25) is 0 Å². The van der Waals surface area contributed by atoms with Crippen molar-refractivity contribution in [2.45, 2.75) is 31.9 Å². The summed E-state index contributed by atoms with van der Waals surface area (Å²) >= 11 is 0. The molecule has 0 spiro atoms. The van der Waals surface area contributed by atoms with Crippen LogP contribution >= 0.6 is 0 Å². The maximum absolute atomic E-state index is 12.6. The molecule has 2 aliphatic heterocycles. The minimum Gasteiger partial charge on any atom is -0.461 e. The van der Waals surface area contributed by atoms with Crippen molar-refractivity contribution >= 4 is 23.6 Å². The number of esters is 1. The van der Waals surface area contributed by atoms with Gasteiger partial charge in [-0.25, -0.2) is 0 Å². The highest BCUT2D eigenvalue weighted by Gasteiger charge is 2.46. The summed E-state index contributed by atoms with van der Waals surface area (Å²) in [6.45, 7) is 1.26. The summed E-state index contributed by atoms with van der Waals surface area (Å²) in [5.41, 5.74) is -0.187. The molecule has 0 aromatic carbocycles. The Hall–Kier alpha value is -3.04. The molecule has 3 aliphatic rings. The average molecular weight is 349 g/mol. The number of piperidine rings is 1. The summed E-state index contributed by atoms with van der Waals surface area (Å²) in [5, 5.41) is 13.7. The van der Waals surface area contributed by atoms with Gasteiger partial charge in [0.15, 0.2) is 5.78 Å². The van der Waals surface area contributed by atoms with Gasteiger partial charge in [0.2, 0.25) is 5.91 Å². The van der Waals surface area contributed by atoms with E-state index in [1.54, 1.807) is 0 Å². The third-order valence-electron chi connectivity index (χ3n) is 4.37. The minimum absolute atomic E-state index is 0.0570.